The molecule has 3 aromatic rings. The summed E-state index contributed by atoms with van der Waals surface area (Å²) in [5.74, 6) is 1.45. The van der Waals surface area contributed by atoms with E-state index in [1.165, 1.54) is 30.6 Å². The molecule has 4 rings (SSSR count). The Morgan fingerprint density at radius 2 is 2.15 bits per heavy atom. The number of hydrogen-bond donors (Lipinski definition) is 1. The third-order valence-electron chi connectivity index (χ3n) is 3.75. The Hall–Kier alpha value is -1.66. The SMILES string of the molecule is Nc1cccc(Cl)c1-c1nn2c(C3CCC3)nnc2s1. The maximum absolute atomic E-state index is 6.24. The number of nitrogens with zero attached hydrogens (tertiary/aromatic N) is 4. The van der Waals surface area contributed by atoms with Crippen LogP contribution >= 0.6 is 22.9 Å². The van der Waals surface area contributed by atoms with E-state index >= 15 is 0 Å². The predicted molar refractivity (Wildman–Crippen MR) is 80.1 cm³/mol. The van der Waals surface area contributed by atoms with Crippen LogP contribution in [-0.2, 0) is 0 Å². The van der Waals surface area contributed by atoms with Gasteiger partial charge in [0.05, 0.1) is 10.6 Å². The molecule has 0 radical (unpaired) electrons. The van der Waals surface area contributed by atoms with Gasteiger partial charge < -0.3 is 5.73 Å². The fourth-order valence-electron chi connectivity index (χ4n) is 2.42. The first-order chi connectivity index (χ1) is 9.74. The van der Waals surface area contributed by atoms with Crippen LogP contribution in [-0.4, -0.2) is 19.8 Å². The van der Waals surface area contributed by atoms with Crippen LogP contribution in [0.3, 0.4) is 0 Å². The van der Waals surface area contributed by atoms with Crippen molar-refractivity contribution in [2.45, 2.75) is 25.2 Å². The maximum Gasteiger partial charge on any atom is 0.234 e. The molecule has 0 saturated heterocycles. The lowest BCUT2D eigenvalue weighted by molar-refractivity contribution is 0.395. The molecule has 2 N–H and O–H groups in total. The standard InChI is InChI=1S/C13H12ClN5S/c14-8-5-2-6-9(15)10(8)12-18-19-11(7-3-1-4-7)16-17-13(19)20-12/h2,5-7H,1,3-4,15H2. The molecule has 0 spiro atoms. The van der Waals surface area contributed by atoms with Gasteiger partial charge >= 0.3 is 0 Å². The van der Waals surface area contributed by atoms with E-state index in [-0.39, 0.29) is 0 Å². The highest BCUT2D eigenvalue weighted by Gasteiger charge is 2.26. The van der Waals surface area contributed by atoms with Crippen LogP contribution in [0.1, 0.15) is 31.0 Å². The van der Waals surface area contributed by atoms with E-state index in [0.717, 1.165) is 21.4 Å². The number of nitrogens with two attached hydrogens (primary N) is 1. The van der Waals surface area contributed by atoms with E-state index in [1.807, 2.05) is 22.7 Å². The smallest absolute Gasteiger partial charge is 0.234 e. The Morgan fingerprint density at radius 3 is 2.85 bits per heavy atom. The number of fused-ring (bicyclic) bond motifs is 1. The van der Waals surface area contributed by atoms with Gasteiger partial charge in [-0.15, -0.1) is 10.2 Å². The maximum atomic E-state index is 6.24. The first-order valence-electron chi connectivity index (χ1n) is 6.50. The van der Waals surface area contributed by atoms with E-state index < -0.39 is 0 Å². The van der Waals surface area contributed by atoms with Crippen molar-refractivity contribution in [3.05, 3.63) is 29.0 Å². The molecule has 20 heavy (non-hydrogen) atoms. The average Bonchev–Trinajstić information content (AvgIpc) is 2.89. The molecule has 2 aromatic heterocycles. The van der Waals surface area contributed by atoms with Gasteiger partial charge in [0, 0.05) is 11.6 Å². The summed E-state index contributed by atoms with van der Waals surface area (Å²) in [6.45, 7) is 0. The number of anilines is 1. The van der Waals surface area contributed by atoms with Crippen molar-refractivity contribution in [1.82, 2.24) is 19.8 Å². The van der Waals surface area contributed by atoms with Crippen molar-refractivity contribution in [2.75, 3.05) is 5.73 Å². The predicted octanol–water partition coefficient (Wildman–Crippen LogP) is 3.36. The second kappa shape index (κ2) is 4.43. The number of benzene rings is 1. The van der Waals surface area contributed by atoms with Gasteiger partial charge in [0.15, 0.2) is 10.8 Å². The molecule has 0 aliphatic heterocycles. The van der Waals surface area contributed by atoms with Gasteiger partial charge in [-0.25, -0.2) is 0 Å². The first kappa shape index (κ1) is 12.1. The molecule has 1 fully saturated rings. The summed E-state index contributed by atoms with van der Waals surface area (Å²) in [5.41, 5.74) is 7.43. The number of nitrogen functional groups attached to an aromatic ring is 1. The summed E-state index contributed by atoms with van der Waals surface area (Å²) in [7, 11) is 0. The Bertz CT molecular complexity index is 769. The third-order valence-corrected chi connectivity index (χ3v) is 4.98. The van der Waals surface area contributed by atoms with Crippen molar-refractivity contribution < 1.29 is 0 Å². The van der Waals surface area contributed by atoms with Gasteiger partial charge in [-0.05, 0) is 25.0 Å². The Balaban J connectivity index is 1.87. The average molecular weight is 306 g/mol. The van der Waals surface area contributed by atoms with E-state index in [9.17, 15) is 0 Å². The molecular formula is C13H12ClN5S. The molecule has 5 nitrogen and oxygen atoms in total. The Labute approximate surface area is 124 Å². The Kier molecular flexibility index (Phi) is 2.68. The van der Waals surface area contributed by atoms with E-state index in [1.54, 1.807) is 0 Å². The van der Waals surface area contributed by atoms with Gasteiger partial charge in [-0.2, -0.15) is 9.61 Å². The van der Waals surface area contributed by atoms with Crippen molar-refractivity contribution in [3.8, 4) is 10.6 Å². The lowest BCUT2D eigenvalue weighted by Crippen LogP contribution is -2.13. The van der Waals surface area contributed by atoms with Gasteiger partial charge in [0.2, 0.25) is 4.96 Å². The molecular weight excluding hydrogens is 294 g/mol. The summed E-state index contributed by atoms with van der Waals surface area (Å²) in [6.07, 6.45) is 3.60. The minimum absolute atomic E-state index is 0.489. The van der Waals surface area contributed by atoms with Gasteiger partial charge in [0.1, 0.15) is 0 Å². The third kappa shape index (κ3) is 1.72. The van der Waals surface area contributed by atoms with Gasteiger partial charge in [-0.3, -0.25) is 0 Å². The second-order valence-corrected chi connectivity index (χ2v) is 6.35. The molecule has 0 bridgehead atoms. The number of hydrogen-bond acceptors (Lipinski definition) is 5. The fourth-order valence-corrected chi connectivity index (χ4v) is 3.68. The number of halogens is 1. The molecule has 0 unspecified atom stereocenters. The molecule has 1 aromatic carbocycles. The fraction of sp³-hybridized carbons (Fsp3) is 0.308. The zero-order valence-electron chi connectivity index (χ0n) is 10.6. The summed E-state index contributed by atoms with van der Waals surface area (Å²) in [6, 6.07) is 5.49. The lowest BCUT2D eigenvalue weighted by atomic mass is 9.85. The van der Waals surface area contributed by atoms with Crippen molar-refractivity contribution in [2.24, 2.45) is 0 Å². The largest absolute Gasteiger partial charge is 0.398 e. The van der Waals surface area contributed by atoms with Crippen LogP contribution in [0.2, 0.25) is 5.02 Å². The molecule has 1 saturated carbocycles. The molecule has 1 aliphatic carbocycles. The highest BCUT2D eigenvalue weighted by atomic mass is 35.5. The highest BCUT2D eigenvalue weighted by molar-refractivity contribution is 7.20. The zero-order valence-corrected chi connectivity index (χ0v) is 12.2. The number of rotatable bonds is 2. The molecule has 102 valence electrons. The van der Waals surface area contributed by atoms with Gasteiger partial charge in [0.25, 0.3) is 0 Å². The lowest BCUT2D eigenvalue weighted by Gasteiger charge is -2.22. The minimum atomic E-state index is 0.489. The van der Waals surface area contributed by atoms with Crippen molar-refractivity contribution >= 4 is 33.6 Å². The number of aromatic nitrogens is 4. The van der Waals surface area contributed by atoms with E-state index in [4.69, 9.17) is 17.3 Å². The van der Waals surface area contributed by atoms with Crippen LogP contribution < -0.4 is 5.73 Å². The van der Waals surface area contributed by atoms with Crippen LogP contribution in [0, 0.1) is 0 Å². The van der Waals surface area contributed by atoms with Crippen molar-refractivity contribution in [3.63, 3.8) is 0 Å². The first-order valence-corrected chi connectivity index (χ1v) is 7.70. The topological polar surface area (TPSA) is 69.1 Å². The molecule has 7 heteroatoms. The quantitative estimate of drug-likeness (QED) is 0.737. The minimum Gasteiger partial charge on any atom is -0.398 e. The molecule has 2 heterocycles. The summed E-state index contributed by atoms with van der Waals surface area (Å²) in [5, 5.41) is 14.5. The summed E-state index contributed by atoms with van der Waals surface area (Å²) < 4.78 is 1.84. The van der Waals surface area contributed by atoms with Crippen LogP contribution in [0.5, 0.6) is 0 Å². The second-order valence-electron chi connectivity index (χ2n) is 4.99. The van der Waals surface area contributed by atoms with Gasteiger partial charge in [-0.1, -0.05) is 35.4 Å². The van der Waals surface area contributed by atoms with Crippen LogP contribution in [0.15, 0.2) is 18.2 Å². The molecule has 0 atom stereocenters. The molecule has 0 amide bonds. The zero-order chi connectivity index (χ0) is 13.7. The van der Waals surface area contributed by atoms with E-state index in [2.05, 4.69) is 15.3 Å². The monoisotopic (exact) mass is 305 g/mol. The van der Waals surface area contributed by atoms with E-state index in [0.29, 0.717) is 16.6 Å². The molecule has 1 aliphatic rings. The van der Waals surface area contributed by atoms with Crippen molar-refractivity contribution in [1.29, 1.82) is 0 Å². The normalized spacial score (nSPS) is 15.7. The summed E-state index contributed by atoms with van der Waals surface area (Å²) >= 11 is 7.71. The van der Waals surface area contributed by atoms with Crippen LogP contribution in [0.4, 0.5) is 5.69 Å². The Morgan fingerprint density at radius 1 is 1.30 bits per heavy atom. The van der Waals surface area contributed by atoms with Crippen LogP contribution in [0.25, 0.3) is 15.5 Å². The highest BCUT2D eigenvalue weighted by Crippen LogP contribution is 2.39. The summed E-state index contributed by atoms with van der Waals surface area (Å²) in [4.78, 5) is 0.793.